The number of aromatic hydroxyl groups is 1. The Balaban J connectivity index is 1.40. The average molecular weight is 548 g/mol. The van der Waals surface area contributed by atoms with Crippen molar-refractivity contribution in [2.75, 3.05) is 5.32 Å². The lowest BCUT2D eigenvalue weighted by Crippen LogP contribution is -2.34. The summed E-state index contributed by atoms with van der Waals surface area (Å²) in [5.74, 6) is -0.135. The van der Waals surface area contributed by atoms with Crippen molar-refractivity contribution < 1.29 is 9.90 Å². The molecule has 34 heavy (non-hydrogen) atoms. The fourth-order valence-corrected chi connectivity index (χ4v) is 5.50. The van der Waals surface area contributed by atoms with Crippen LogP contribution < -0.4 is 10.6 Å². The monoisotopic (exact) mass is 547 g/mol. The number of rotatable bonds is 3. The summed E-state index contributed by atoms with van der Waals surface area (Å²) in [7, 11) is 0. The highest BCUT2D eigenvalue weighted by atomic mass is 79.9. The maximum Gasteiger partial charge on any atom is 0.258 e. The Morgan fingerprint density at radius 3 is 2.62 bits per heavy atom. The molecule has 0 unspecified atom stereocenters. The number of hydrogen-bond donors (Lipinski definition) is 3. The molecule has 0 aliphatic rings. The number of nitrogens with one attached hydrogen (secondary N) is 2. The normalized spacial score (nSPS) is 11.0. The van der Waals surface area contributed by atoms with Gasteiger partial charge in [0, 0.05) is 15.7 Å². The predicted octanol–water partition coefficient (Wildman–Crippen LogP) is 7.02. The van der Waals surface area contributed by atoms with Crippen molar-refractivity contribution in [3.05, 3.63) is 88.4 Å². The van der Waals surface area contributed by atoms with Gasteiger partial charge < -0.3 is 10.4 Å². The lowest BCUT2D eigenvalue weighted by Gasteiger charge is -2.14. The second kappa shape index (κ2) is 9.13. The third-order valence-electron chi connectivity index (χ3n) is 5.42. The van der Waals surface area contributed by atoms with Crippen LogP contribution in [0.3, 0.4) is 0 Å². The Hall–Kier alpha value is -3.33. The zero-order valence-corrected chi connectivity index (χ0v) is 21.1. The number of para-hydroxylation sites is 1. The van der Waals surface area contributed by atoms with Gasteiger partial charge in [-0.2, -0.15) is 0 Å². The number of fused-ring (bicyclic) bond motifs is 2. The van der Waals surface area contributed by atoms with Crippen LogP contribution in [0.5, 0.6) is 5.75 Å². The highest BCUT2D eigenvalue weighted by Gasteiger charge is 2.16. The Morgan fingerprint density at radius 1 is 1.03 bits per heavy atom. The average Bonchev–Trinajstić information content (AvgIpc) is 3.25. The molecule has 0 bridgehead atoms. The number of thiazole rings is 1. The highest BCUT2D eigenvalue weighted by Crippen LogP contribution is 2.38. The molecule has 0 aliphatic carbocycles. The molecule has 5 nitrogen and oxygen atoms in total. The van der Waals surface area contributed by atoms with E-state index in [2.05, 4.69) is 31.5 Å². The Kier molecular flexibility index (Phi) is 6.03. The van der Waals surface area contributed by atoms with Crippen molar-refractivity contribution in [2.45, 2.75) is 6.92 Å². The Labute approximate surface area is 213 Å². The molecule has 1 amide bonds. The Bertz CT molecular complexity index is 1560. The molecule has 8 heteroatoms. The fraction of sp³-hybridized carbons (Fsp3) is 0.0385. The van der Waals surface area contributed by atoms with Gasteiger partial charge >= 0.3 is 0 Å². The number of benzene rings is 4. The highest BCUT2D eigenvalue weighted by molar-refractivity contribution is 9.10. The van der Waals surface area contributed by atoms with Gasteiger partial charge in [-0.15, -0.1) is 11.3 Å². The molecule has 0 saturated carbocycles. The minimum absolute atomic E-state index is 0.164. The van der Waals surface area contributed by atoms with Crippen molar-refractivity contribution in [1.82, 2.24) is 10.3 Å². The number of halogens is 1. The van der Waals surface area contributed by atoms with Gasteiger partial charge in [0.15, 0.2) is 5.11 Å². The molecule has 5 rings (SSSR count). The number of carbonyl (C=O) groups is 1. The largest absolute Gasteiger partial charge is 0.507 e. The first-order valence-corrected chi connectivity index (χ1v) is 12.4. The van der Waals surface area contributed by atoms with Crippen LogP contribution in [0.1, 0.15) is 15.9 Å². The summed E-state index contributed by atoms with van der Waals surface area (Å²) in [5, 5.41) is 19.2. The molecule has 0 radical (unpaired) electrons. The summed E-state index contributed by atoms with van der Waals surface area (Å²) in [6.45, 7) is 1.81. The first-order chi connectivity index (χ1) is 16.4. The zero-order chi connectivity index (χ0) is 23.8. The topological polar surface area (TPSA) is 74.2 Å². The molecule has 1 aromatic heterocycles. The van der Waals surface area contributed by atoms with Gasteiger partial charge in [-0.3, -0.25) is 10.1 Å². The molecule has 168 valence electrons. The lowest BCUT2D eigenvalue weighted by molar-refractivity contribution is 0.0979. The predicted molar refractivity (Wildman–Crippen MR) is 147 cm³/mol. The van der Waals surface area contributed by atoms with E-state index in [1.165, 1.54) is 11.3 Å². The van der Waals surface area contributed by atoms with Crippen LogP contribution in [0.4, 0.5) is 5.69 Å². The zero-order valence-electron chi connectivity index (χ0n) is 17.9. The molecule has 5 aromatic rings. The second-order valence-corrected chi connectivity index (χ2v) is 10.0. The van der Waals surface area contributed by atoms with Crippen LogP contribution in [0.25, 0.3) is 31.6 Å². The number of aryl methyl sites for hydroxylation is 1. The molecule has 0 saturated heterocycles. The number of phenolic OH excluding ortho intramolecular Hbond substituents is 1. The van der Waals surface area contributed by atoms with Gasteiger partial charge in [0.05, 0.1) is 15.8 Å². The van der Waals surface area contributed by atoms with Crippen molar-refractivity contribution in [3.8, 4) is 16.3 Å². The molecule has 3 N–H and O–H groups in total. The molecule has 0 aliphatic heterocycles. The van der Waals surface area contributed by atoms with Crippen molar-refractivity contribution in [2.24, 2.45) is 0 Å². The molecule has 4 aromatic carbocycles. The van der Waals surface area contributed by atoms with E-state index in [1.54, 1.807) is 18.2 Å². The van der Waals surface area contributed by atoms with E-state index in [-0.39, 0.29) is 16.8 Å². The van der Waals surface area contributed by atoms with E-state index in [0.717, 1.165) is 25.5 Å². The van der Waals surface area contributed by atoms with Gasteiger partial charge in [0.25, 0.3) is 5.91 Å². The van der Waals surface area contributed by atoms with E-state index in [1.807, 2.05) is 61.5 Å². The summed E-state index contributed by atoms with van der Waals surface area (Å²) < 4.78 is 1.96. The van der Waals surface area contributed by atoms with Crippen molar-refractivity contribution in [3.63, 3.8) is 0 Å². The Morgan fingerprint density at radius 2 is 1.79 bits per heavy atom. The van der Waals surface area contributed by atoms with E-state index >= 15 is 0 Å². The molecule has 0 atom stereocenters. The number of aromatic nitrogens is 1. The maximum atomic E-state index is 13.0. The number of phenols is 1. The third-order valence-corrected chi connectivity index (χ3v) is 7.39. The number of carbonyl (C=O) groups excluding carboxylic acids is 1. The fourth-order valence-electron chi connectivity index (χ4n) is 3.80. The van der Waals surface area contributed by atoms with Crippen LogP contribution in [-0.2, 0) is 0 Å². The second-order valence-electron chi connectivity index (χ2n) is 7.72. The third kappa shape index (κ3) is 4.27. The minimum atomic E-state index is -0.303. The number of nitrogens with zero attached hydrogens (tertiary/aromatic N) is 1. The van der Waals surface area contributed by atoms with Gasteiger partial charge in [-0.1, -0.05) is 52.3 Å². The number of anilines is 1. The quantitative estimate of drug-likeness (QED) is 0.167. The van der Waals surface area contributed by atoms with Crippen molar-refractivity contribution >= 4 is 77.2 Å². The van der Waals surface area contributed by atoms with E-state index in [4.69, 9.17) is 12.2 Å². The summed E-state index contributed by atoms with van der Waals surface area (Å²) in [4.78, 5) is 17.6. The molecular weight excluding hydrogens is 530 g/mol. The van der Waals surface area contributed by atoms with Crippen molar-refractivity contribution in [1.29, 1.82) is 0 Å². The van der Waals surface area contributed by atoms with E-state index < -0.39 is 0 Å². The van der Waals surface area contributed by atoms with Crippen LogP contribution >= 0.6 is 39.5 Å². The number of thiocarbonyl (C=S) groups is 1. The van der Waals surface area contributed by atoms with Crippen LogP contribution in [0.2, 0.25) is 0 Å². The maximum absolute atomic E-state index is 13.0. The SMILES string of the molecule is Cc1cc(NC(=S)NC(=O)c2cccc3c(Br)cccc23)cc(-c2nc3ccccc3s2)c1O. The molecule has 0 fully saturated rings. The molecule has 1 heterocycles. The molecular formula is C26H18BrN3O2S2. The first-order valence-electron chi connectivity index (χ1n) is 10.4. The lowest BCUT2D eigenvalue weighted by atomic mass is 10.0. The molecule has 0 spiro atoms. The van der Waals surface area contributed by atoms with Gasteiger partial charge in [-0.05, 0) is 71.9 Å². The van der Waals surface area contributed by atoms with E-state index in [0.29, 0.717) is 27.4 Å². The number of amides is 1. The smallest absolute Gasteiger partial charge is 0.258 e. The van der Waals surface area contributed by atoms with Gasteiger partial charge in [0.1, 0.15) is 10.8 Å². The first kappa shape index (κ1) is 22.5. The minimum Gasteiger partial charge on any atom is -0.507 e. The summed E-state index contributed by atoms with van der Waals surface area (Å²) in [6.07, 6.45) is 0. The van der Waals surface area contributed by atoms with Crippen LogP contribution in [0, 0.1) is 6.92 Å². The van der Waals surface area contributed by atoms with Crippen LogP contribution in [0.15, 0.2) is 77.3 Å². The number of hydrogen-bond acceptors (Lipinski definition) is 5. The summed E-state index contributed by atoms with van der Waals surface area (Å²) in [5.41, 5.74) is 3.34. The van der Waals surface area contributed by atoms with Gasteiger partial charge in [0.2, 0.25) is 0 Å². The summed E-state index contributed by atoms with van der Waals surface area (Å²) >= 11 is 10.5. The van der Waals surface area contributed by atoms with Crippen LogP contribution in [-0.4, -0.2) is 21.1 Å². The standard InChI is InChI=1S/C26H18BrN3O2S2/c1-14-12-15(13-19(23(14)31)25-29-21-10-2-3-11-22(21)34-25)28-26(33)30-24(32)18-8-4-7-17-16(18)6-5-9-20(17)27/h2-13,31H,1H3,(H2,28,30,32,33). The van der Waals surface area contributed by atoms with E-state index in [9.17, 15) is 9.90 Å². The summed E-state index contributed by atoms with van der Waals surface area (Å²) in [6, 6.07) is 22.7. The van der Waals surface area contributed by atoms with Gasteiger partial charge in [-0.25, -0.2) is 4.98 Å².